The van der Waals surface area contributed by atoms with E-state index < -0.39 is 19.3 Å². The topological polar surface area (TPSA) is 17.1 Å². The van der Waals surface area contributed by atoms with Crippen LogP contribution in [0.25, 0.3) is 0 Å². The van der Waals surface area contributed by atoms with E-state index in [1.165, 1.54) is 24.3 Å². The molecule has 1 aliphatic rings. The second-order valence-electron chi connectivity index (χ2n) is 3.79. The molecule has 1 aliphatic heterocycles. The van der Waals surface area contributed by atoms with Gasteiger partial charge in [0.25, 0.3) is 0 Å². The van der Waals surface area contributed by atoms with Gasteiger partial charge in [0.1, 0.15) is 0 Å². The Hall–Kier alpha value is -1.24. The number of halogens is 2. The van der Waals surface area contributed by atoms with E-state index in [0.717, 1.165) is 0 Å². The van der Waals surface area contributed by atoms with Crippen molar-refractivity contribution in [3.05, 3.63) is 59.7 Å². The number of carbonyl (C=O) groups excluding carboxylic acids is 1. The summed E-state index contributed by atoms with van der Waals surface area (Å²) in [5, 5.41) is 0. The Balaban J connectivity index is 2.38. The second kappa shape index (κ2) is 3.63. The van der Waals surface area contributed by atoms with E-state index in [1.807, 2.05) is 0 Å². The Kier molecular flexibility index (Phi) is 2.32. The molecule has 2 aromatic rings. The summed E-state index contributed by atoms with van der Waals surface area (Å²) in [6, 6.07) is 12.2. The first-order valence-corrected chi connectivity index (χ1v) is 9.17. The zero-order valence-electron chi connectivity index (χ0n) is 8.69. The van der Waals surface area contributed by atoms with Gasteiger partial charge in [0.15, 0.2) is 0 Å². The van der Waals surface area contributed by atoms with Crippen molar-refractivity contribution in [2.45, 2.75) is 0 Å². The first-order chi connectivity index (χ1) is 8.12. The third-order valence-corrected chi connectivity index (χ3v) is 8.00. The van der Waals surface area contributed by atoms with Crippen LogP contribution < -0.4 is 7.22 Å². The van der Waals surface area contributed by atoms with Crippen LogP contribution in [0, 0.1) is 0 Å². The number of rotatable bonds is 0. The first-order valence-electron chi connectivity index (χ1n) is 5.08. The molecule has 0 saturated carbocycles. The average molecular weight is 346 g/mol. The summed E-state index contributed by atoms with van der Waals surface area (Å²) < 4.78 is 28.8. The van der Waals surface area contributed by atoms with Crippen molar-refractivity contribution in [2.75, 3.05) is 0 Å². The van der Waals surface area contributed by atoms with E-state index in [0.29, 0.717) is 0 Å². The maximum absolute atomic E-state index is 14.4. The molecular weight excluding hydrogens is 338 g/mol. The zero-order chi connectivity index (χ0) is 12.0. The van der Waals surface area contributed by atoms with Gasteiger partial charge in [-0.3, -0.25) is 0 Å². The minimum absolute atomic E-state index is 0.0149. The predicted octanol–water partition coefficient (Wildman–Crippen LogP) is 1.73. The monoisotopic (exact) mass is 348 g/mol. The number of carbonyl (C=O) groups is 1. The normalized spacial score (nSPS) is 18.1. The van der Waals surface area contributed by atoms with Crippen LogP contribution in [0.15, 0.2) is 48.5 Å². The van der Waals surface area contributed by atoms with E-state index in [9.17, 15) is 10.6 Å². The van der Waals surface area contributed by atoms with Crippen molar-refractivity contribution in [2.24, 2.45) is 0 Å². The fraction of sp³-hybridized carbons (Fsp3) is 0. The fourth-order valence-corrected chi connectivity index (χ4v) is 6.61. The van der Waals surface area contributed by atoms with Gasteiger partial charge in [0, 0.05) is 0 Å². The molecule has 0 fully saturated rings. The van der Waals surface area contributed by atoms with Gasteiger partial charge in [0.2, 0.25) is 0 Å². The summed E-state index contributed by atoms with van der Waals surface area (Å²) in [6.45, 7) is 0. The molecule has 0 saturated heterocycles. The Morgan fingerprint density at radius 2 is 1.18 bits per heavy atom. The molecule has 0 radical (unpaired) electrons. The quantitative estimate of drug-likeness (QED) is 0.665. The minimum atomic E-state index is -5.28. The Labute approximate surface area is 102 Å². The van der Waals surface area contributed by atoms with E-state index in [2.05, 4.69) is 0 Å². The molecule has 0 aliphatic carbocycles. The van der Waals surface area contributed by atoms with Crippen molar-refractivity contribution in [1.29, 1.82) is 0 Å². The van der Waals surface area contributed by atoms with E-state index in [-0.39, 0.29) is 24.1 Å². The summed E-state index contributed by atoms with van der Waals surface area (Å²) in [5.74, 6) is -0.284. The van der Waals surface area contributed by atoms with Crippen molar-refractivity contribution in [3.63, 3.8) is 0 Å². The fourth-order valence-electron chi connectivity index (χ4n) is 2.02. The molecule has 4 heteroatoms. The summed E-state index contributed by atoms with van der Waals surface area (Å²) in [7, 11) is 0. The molecule has 86 valence electrons. The number of benzene rings is 2. The van der Waals surface area contributed by atoms with Gasteiger partial charge in [-0.05, 0) is 0 Å². The van der Waals surface area contributed by atoms with Gasteiger partial charge >= 0.3 is 103 Å². The second-order valence-corrected chi connectivity index (χ2v) is 8.98. The van der Waals surface area contributed by atoms with Gasteiger partial charge in [-0.15, -0.1) is 0 Å². The van der Waals surface area contributed by atoms with Crippen molar-refractivity contribution >= 4 is 32.3 Å². The number of hydrogen-bond donors (Lipinski definition) is 0. The molecule has 0 bridgehead atoms. The molecule has 0 aromatic heterocycles. The maximum atomic E-state index is 14.4. The molecular formula is C13H8F2OTe. The number of fused-ring (bicyclic) bond motifs is 2. The Morgan fingerprint density at radius 1 is 0.765 bits per heavy atom. The summed E-state index contributed by atoms with van der Waals surface area (Å²) in [4.78, 5) is 12.1. The van der Waals surface area contributed by atoms with Crippen molar-refractivity contribution in [3.8, 4) is 0 Å². The molecule has 0 spiro atoms. The molecule has 17 heavy (non-hydrogen) atoms. The molecule has 1 nitrogen and oxygen atoms in total. The van der Waals surface area contributed by atoms with Crippen LogP contribution in [0.5, 0.6) is 0 Å². The van der Waals surface area contributed by atoms with Crippen LogP contribution >= 0.6 is 0 Å². The predicted molar refractivity (Wildman–Crippen MR) is 63.6 cm³/mol. The average Bonchev–Trinajstić information content (AvgIpc) is 2.37. The molecule has 3 rings (SSSR count). The van der Waals surface area contributed by atoms with Gasteiger partial charge in [-0.1, -0.05) is 0 Å². The van der Waals surface area contributed by atoms with Crippen LogP contribution in [0.2, 0.25) is 0 Å². The SMILES string of the molecule is O=C1c2ccccc2[Te](F)(F)c2ccccc21. The van der Waals surface area contributed by atoms with Crippen LogP contribution in [-0.4, -0.2) is 25.1 Å². The third kappa shape index (κ3) is 1.45. The number of ketones is 1. The molecule has 2 aromatic carbocycles. The molecule has 0 unspecified atom stereocenters. The van der Waals surface area contributed by atoms with Gasteiger partial charge in [0.05, 0.1) is 0 Å². The van der Waals surface area contributed by atoms with Crippen LogP contribution in [0.1, 0.15) is 15.9 Å². The van der Waals surface area contributed by atoms with Gasteiger partial charge in [-0.2, -0.15) is 0 Å². The van der Waals surface area contributed by atoms with Gasteiger partial charge < -0.3 is 0 Å². The summed E-state index contributed by atoms with van der Waals surface area (Å²) >= 11 is -5.28. The van der Waals surface area contributed by atoms with Crippen LogP contribution in [0.4, 0.5) is 5.78 Å². The third-order valence-electron chi connectivity index (χ3n) is 2.82. The van der Waals surface area contributed by atoms with Crippen LogP contribution in [-0.2, 0) is 0 Å². The zero-order valence-corrected chi connectivity index (χ0v) is 11.0. The van der Waals surface area contributed by atoms with E-state index in [4.69, 9.17) is 0 Å². The summed E-state index contributed by atoms with van der Waals surface area (Å²) in [5.41, 5.74) is 0.356. The van der Waals surface area contributed by atoms with Crippen molar-refractivity contribution in [1.82, 2.24) is 0 Å². The van der Waals surface area contributed by atoms with E-state index >= 15 is 0 Å². The van der Waals surface area contributed by atoms with Gasteiger partial charge in [-0.25, -0.2) is 0 Å². The van der Waals surface area contributed by atoms with E-state index in [1.54, 1.807) is 24.3 Å². The standard InChI is InChI=1S/C13H8F2OTe/c14-17(15)11-7-3-1-5-9(11)13(16)10-6-2-4-8-12(10)17/h1-8H. The number of hydrogen-bond acceptors (Lipinski definition) is 1. The van der Waals surface area contributed by atoms with Crippen molar-refractivity contribution < 1.29 is 10.6 Å². The molecule has 1 heterocycles. The van der Waals surface area contributed by atoms with Crippen LogP contribution in [0.3, 0.4) is 0 Å². The summed E-state index contributed by atoms with van der Waals surface area (Å²) in [6.07, 6.45) is 0. The molecule has 0 N–H and O–H groups in total. The Bertz CT molecular complexity index is 571. The Morgan fingerprint density at radius 3 is 1.65 bits per heavy atom. The molecule has 0 atom stereocenters. The first kappa shape index (κ1) is 10.9. The molecule has 0 amide bonds.